The fraction of sp³-hybridized carbons (Fsp3) is 0.512. The van der Waals surface area contributed by atoms with E-state index >= 15 is 0 Å². The van der Waals surface area contributed by atoms with E-state index in [2.05, 4.69) is 31.5 Å². The van der Waals surface area contributed by atoms with Gasteiger partial charge in [0, 0.05) is 76.0 Å². The highest BCUT2D eigenvalue weighted by Crippen LogP contribution is 2.46. The molecule has 2 aromatic carbocycles. The summed E-state index contributed by atoms with van der Waals surface area (Å²) < 4.78 is 31.0. The molecule has 61 heavy (non-hydrogen) atoms. The number of carbonyl (C=O) groups excluding carboxylic acids is 2. The standard InChI is InChI=1S/C43H53ClN10O6S/c1-27-24-31(10-11-33(27)46-42-45-26-29-25-32(44)41(57)53(39(29)48-42)30-6-3-4-7-30)61(59,60)52-18-15-28(16-19-52)14-17-50-20-22-51(23-21-50)34-8-5-9-35-38(34)49(2)43(58)54(35)36-12-13-37(55)47-40(36)56/h5,8-11,24-26,28,30,36,43,58H,3-4,6-7,12-23H2,1-2H3,(H,45,46,48)(H,47,55,56). The zero-order chi connectivity index (χ0) is 42.6. The Labute approximate surface area is 360 Å². The van der Waals surface area contributed by atoms with E-state index in [9.17, 15) is 27.9 Å². The molecule has 324 valence electrons. The molecule has 3 N–H and O–H groups in total. The number of rotatable bonds is 10. The second-order valence-electron chi connectivity index (χ2n) is 17.1. The number of fused-ring (bicyclic) bond motifs is 2. The molecule has 0 spiro atoms. The Hall–Kier alpha value is -4.81. The molecule has 2 unspecified atom stereocenters. The Morgan fingerprint density at radius 3 is 2.39 bits per heavy atom. The number of carbonyl (C=O) groups is 2. The lowest BCUT2D eigenvalue weighted by molar-refractivity contribution is -0.134. The van der Waals surface area contributed by atoms with Crippen LogP contribution in [0.15, 0.2) is 58.4 Å². The quantitative estimate of drug-likeness (QED) is 0.189. The maximum absolute atomic E-state index is 13.8. The molecule has 2 amide bonds. The molecule has 6 heterocycles. The van der Waals surface area contributed by atoms with Gasteiger partial charge in [-0.1, -0.05) is 30.5 Å². The van der Waals surface area contributed by atoms with E-state index < -0.39 is 22.4 Å². The molecule has 18 heteroatoms. The van der Waals surface area contributed by atoms with Crippen LogP contribution >= 0.6 is 11.6 Å². The third kappa shape index (κ3) is 7.94. The maximum atomic E-state index is 13.8. The summed E-state index contributed by atoms with van der Waals surface area (Å²) in [6.45, 7) is 7.16. The number of piperazine rings is 1. The number of aromatic nitrogens is 3. The third-order valence-electron chi connectivity index (χ3n) is 13.4. The van der Waals surface area contributed by atoms with Crippen molar-refractivity contribution in [1.82, 2.24) is 29.1 Å². The molecule has 1 saturated carbocycles. The zero-order valence-corrected chi connectivity index (χ0v) is 36.2. The fourth-order valence-corrected chi connectivity index (χ4v) is 11.7. The minimum atomic E-state index is -3.69. The highest BCUT2D eigenvalue weighted by atomic mass is 35.5. The van der Waals surface area contributed by atoms with Crippen LogP contribution in [0.25, 0.3) is 11.0 Å². The van der Waals surface area contributed by atoms with E-state index in [0.29, 0.717) is 48.1 Å². The van der Waals surface area contributed by atoms with Crippen LogP contribution in [0.5, 0.6) is 0 Å². The van der Waals surface area contributed by atoms with Gasteiger partial charge < -0.3 is 25.1 Å². The van der Waals surface area contributed by atoms with Crippen molar-refractivity contribution in [2.45, 2.75) is 88.0 Å². The summed E-state index contributed by atoms with van der Waals surface area (Å²) >= 11 is 6.30. The largest absolute Gasteiger partial charge is 0.367 e. The molecule has 4 aromatic rings. The van der Waals surface area contributed by atoms with E-state index in [1.165, 1.54) is 0 Å². The topological polar surface area (TPSA) is 177 Å². The molecule has 1 aliphatic carbocycles. The number of aliphatic hydroxyl groups is 1. The molecule has 0 radical (unpaired) electrons. The van der Waals surface area contributed by atoms with E-state index in [-0.39, 0.29) is 39.8 Å². The van der Waals surface area contributed by atoms with Crippen molar-refractivity contribution >= 4 is 73.2 Å². The van der Waals surface area contributed by atoms with Crippen LogP contribution in [0.3, 0.4) is 0 Å². The van der Waals surface area contributed by atoms with Crippen molar-refractivity contribution in [3.05, 3.63) is 69.6 Å². The Kier molecular flexibility index (Phi) is 11.4. The van der Waals surface area contributed by atoms with Crippen LogP contribution in [0.4, 0.5) is 28.7 Å². The number of nitrogens with one attached hydrogen (secondary N) is 2. The van der Waals surface area contributed by atoms with Gasteiger partial charge in [0.2, 0.25) is 34.1 Å². The first-order valence-corrected chi connectivity index (χ1v) is 23.3. The van der Waals surface area contributed by atoms with Crippen LogP contribution in [0.2, 0.25) is 5.02 Å². The Morgan fingerprint density at radius 2 is 1.67 bits per heavy atom. The van der Waals surface area contributed by atoms with Gasteiger partial charge in [0.15, 0.2) is 0 Å². The molecule has 3 saturated heterocycles. The lowest BCUT2D eigenvalue weighted by atomic mass is 9.94. The molecule has 5 aliphatic rings. The van der Waals surface area contributed by atoms with Crippen LogP contribution < -0.4 is 30.9 Å². The fourth-order valence-electron chi connectivity index (χ4n) is 9.92. The van der Waals surface area contributed by atoms with E-state index in [1.807, 2.05) is 26.1 Å². The predicted octanol–water partition coefficient (Wildman–Crippen LogP) is 4.56. The number of sulfonamides is 1. The SMILES string of the molecule is Cc1cc(S(=O)(=O)N2CCC(CCN3CCN(c4cccc5c4N(C)C(O)N5C4CCC(=O)NC4=O)CC3)CC2)ccc1Nc1ncc2cc(Cl)c(=O)n(C3CCCC3)c2n1. The number of halogens is 1. The van der Waals surface area contributed by atoms with Gasteiger partial charge in [-0.25, -0.2) is 13.4 Å². The number of piperidine rings is 2. The number of benzene rings is 2. The smallest absolute Gasteiger partial charge is 0.271 e. The van der Waals surface area contributed by atoms with Gasteiger partial charge in [-0.15, -0.1) is 0 Å². The number of hydrogen-bond donors (Lipinski definition) is 3. The number of pyridine rings is 1. The lowest BCUT2D eigenvalue weighted by Gasteiger charge is -2.38. The van der Waals surface area contributed by atoms with Crippen molar-refractivity contribution in [1.29, 1.82) is 0 Å². The molecule has 9 rings (SSSR count). The van der Waals surface area contributed by atoms with Crippen LogP contribution in [0, 0.1) is 12.8 Å². The summed E-state index contributed by atoms with van der Waals surface area (Å²) in [7, 11) is -1.86. The summed E-state index contributed by atoms with van der Waals surface area (Å²) in [5, 5.41) is 17.7. The monoisotopic (exact) mass is 872 g/mol. The van der Waals surface area contributed by atoms with Gasteiger partial charge in [0.25, 0.3) is 5.56 Å². The second-order valence-corrected chi connectivity index (χ2v) is 19.5. The number of aryl methyl sites for hydroxylation is 1. The van der Waals surface area contributed by atoms with Crippen molar-refractivity contribution in [2.75, 3.05) is 72.9 Å². The average Bonchev–Trinajstić information content (AvgIpc) is 3.88. The molecular formula is C43H53ClN10O6S. The maximum Gasteiger partial charge on any atom is 0.271 e. The minimum absolute atomic E-state index is 0.0433. The number of hydrogen-bond acceptors (Lipinski definition) is 13. The summed E-state index contributed by atoms with van der Waals surface area (Å²) in [4.78, 5) is 55.4. The van der Waals surface area contributed by atoms with Crippen LogP contribution in [0.1, 0.15) is 69.4 Å². The van der Waals surface area contributed by atoms with Gasteiger partial charge in [-0.3, -0.25) is 29.2 Å². The Morgan fingerprint density at radius 1 is 0.934 bits per heavy atom. The van der Waals surface area contributed by atoms with Gasteiger partial charge >= 0.3 is 0 Å². The second kappa shape index (κ2) is 16.8. The number of amides is 2. The number of aliphatic hydroxyl groups excluding tert-OH is 1. The molecular weight excluding hydrogens is 820 g/mol. The number of imide groups is 1. The van der Waals surface area contributed by atoms with E-state index in [0.717, 1.165) is 100 Å². The van der Waals surface area contributed by atoms with Crippen molar-refractivity contribution < 1.29 is 23.1 Å². The number of anilines is 5. The van der Waals surface area contributed by atoms with Crippen molar-refractivity contribution in [3.8, 4) is 0 Å². The zero-order valence-electron chi connectivity index (χ0n) is 34.6. The molecule has 4 fully saturated rings. The number of nitrogens with zero attached hydrogens (tertiary/aromatic N) is 8. The molecule has 0 bridgehead atoms. The average molecular weight is 873 g/mol. The summed E-state index contributed by atoms with van der Waals surface area (Å²) in [6.07, 6.45) is 7.75. The minimum Gasteiger partial charge on any atom is -0.367 e. The first-order chi connectivity index (χ1) is 29.4. The molecule has 16 nitrogen and oxygen atoms in total. The Balaban J connectivity index is 0.776. The summed E-state index contributed by atoms with van der Waals surface area (Å²) in [5.41, 5.74) is 4.38. The van der Waals surface area contributed by atoms with Crippen molar-refractivity contribution in [3.63, 3.8) is 0 Å². The molecule has 4 aliphatic heterocycles. The summed E-state index contributed by atoms with van der Waals surface area (Å²) in [6, 6.07) is 12.0. The first kappa shape index (κ1) is 41.5. The van der Waals surface area contributed by atoms with Gasteiger partial charge in [0.05, 0.1) is 22.0 Å². The van der Waals surface area contributed by atoms with E-state index in [4.69, 9.17) is 16.6 Å². The van der Waals surface area contributed by atoms with Gasteiger partial charge in [-0.2, -0.15) is 9.29 Å². The first-order valence-electron chi connectivity index (χ1n) is 21.5. The highest BCUT2D eigenvalue weighted by molar-refractivity contribution is 7.89. The number of para-hydroxylation sites is 1. The van der Waals surface area contributed by atoms with Gasteiger partial charge in [-0.05, 0) is 99.9 Å². The predicted molar refractivity (Wildman–Crippen MR) is 235 cm³/mol. The van der Waals surface area contributed by atoms with Gasteiger partial charge in [0.1, 0.15) is 16.7 Å². The normalized spacial score (nSPS) is 22.3. The van der Waals surface area contributed by atoms with Crippen molar-refractivity contribution in [2.24, 2.45) is 5.92 Å². The third-order valence-corrected chi connectivity index (χ3v) is 15.6. The molecule has 2 aromatic heterocycles. The van der Waals surface area contributed by atoms with E-state index in [1.54, 1.807) is 49.1 Å². The molecule has 2 atom stereocenters. The van der Waals surface area contributed by atoms with Crippen LogP contribution in [-0.4, -0.2) is 114 Å². The highest BCUT2D eigenvalue weighted by Gasteiger charge is 2.43. The van der Waals surface area contributed by atoms with Crippen LogP contribution in [-0.2, 0) is 19.6 Å². The summed E-state index contributed by atoms with van der Waals surface area (Å²) in [5.74, 6) is 0.0860. The Bertz CT molecular complexity index is 2520. The lowest BCUT2D eigenvalue weighted by Crippen LogP contribution is -2.56.